The molecule has 1 aromatic carbocycles. The summed E-state index contributed by atoms with van der Waals surface area (Å²) in [4.78, 5) is 18.0. The molecule has 0 saturated heterocycles. The number of nitrogens with one attached hydrogen (secondary N) is 1. The van der Waals surface area contributed by atoms with Gasteiger partial charge in [-0.25, -0.2) is 22.4 Å². The average molecular weight is 454 g/mol. The van der Waals surface area contributed by atoms with Crippen LogP contribution in [0.15, 0.2) is 64.2 Å². The Morgan fingerprint density at radius 2 is 1.94 bits per heavy atom. The van der Waals surface area contributed by atoms with Crippen LogP contribution in [-0.4, -0.2) is 47.5 Å². The van der Waals surface area contributed by atoms with E-state index in [1.54, 1.807) is 41.2 Å². The molecule has 0 fully saturated rings. The Balaban J connectivity index is 1.78. The minimum atomic E-state index is -3.63. The number of sulfonamides is 1. The van der Waals surface area contributed by atoms with Crippen molar-refractivity contribution < 1.29 is 17.6 Å². The lowest BCUT2D eigenvalue weighted by molar-refractivity contribution is 0.102. The zero-order chi connectivity index (χ0) is 23.0. The fraction of sp³-hybridized carbons (Fsp3) is 0.227. The van der Waals surface area contributed by atoms with Crippen LogP contribution < -0.4 is 5.32 Å². The summed E-state index contributed by atoms with van der Waals surface area (Å²) in [5, 5.41) is 7.77. The van der Waals surface area contributed by atoms with E-state index in [9.17, 15) is 13.2 Å². The van der Waals surface area contributed by atoms with Crippen LogP contribution in [-0.2, 0) is 10.0 Å². The molecule has 3 aromatic heterocycles. The molecule has 32 heavy (non-hydrogen) atoms. The lowest BCUT2D eigenvalue weighted by atomic mass is 10.1. The van der Waals surface area contributed by atoms with Gasteiger partial charge in [0.2, 0.25) is 10.0 Å². The van der Waals surface area contributed by atoms with Crippen LogP contribution in [0.5, 0.6) is 0 Å². The summed E-state index contributed by atoms with van der Waals surface area (Å²) in [5.41, 5.74) is 1.77. The Hall–Kier alpha value is -3.50. The van der Waals surface area contributed by atoms with E-state index in [4.69, 9.17) is 4.42 Å². The van der Waals surface area contributed by atoms with Gasteiger partial charge in [0.15, 0.2) is 11.4 Å². The lowest BCUT2D eigenvalue weighted by Gasteiger charge is -2.13. The zero-order valence-corrected chi connectivity index (χ0v) is 18.9. The molecule has 0 atom stereocenters. The van der Waals surface area contributed by atoms with Gasteiger partial charge in [-0.2, -0.15) is 5.10 Å². The number of carbonyl (C=O) groups excluding carboxylic acids is 1. The molecule has 4 rings (SSSR count). The second kappa shape index (κ2) is 8.21. The molecule has 0 aliphatic rings. The Labute approximate surface area is 185 Å². The number of anilines is 1. The van der Waals surface area contributed by atoms with E-state index in [0.29, 0.717) is 33.7 Å². The number of hydrogen-bond donors (Lipinski definition) is 1. The molecular weight excluding hydrogens is 430 g/mol. The van der Waals surface area contributed by atoms with E-state index in [-0.39, 0.29) is 10.9 Å². The van der Waals surface area contributed by atoms with E-state index >= 15 is 0 Å². The first-order chi connectivity index (χ1) is 15.2. The Bertz CT molecular complexity index is 1390. The third-order valence-electron chi connectivity index (χ3n) is 4.94. The van der Waals surface area contributed by atoms with Crippen molar-refractivity contribution in [1.29, 1.82) is 0 Å². The SMILES string of the molecule is CC(C)n1ncc2c(C(=O)Nc3cccc(S(=O)(=O)N(C)C)c3)cc(-c3ccco3)nc21. The summed E-state index contributed by atoms with van der Waals surface area (Å²) in [5.74, 6) is 0.115. The van der Waals surface area contributed by atoms with Crippen LogP contribution in [0, 0.1) is 0 Å². The first kappa shape index (κ1) is 21.7. The van der Waals surface area contributed by atoms with Gasteiger partial charge in [0, 0.05) is 25.8 Å². The molecule has 0 spiro atoms. The first-order valence-electron chi connectivity index (χ1n) is 9.94. The number of pyridine rings is 1. The van der Waals surface area contributed by atoms with Gasteiger partial charge in [0.1, 0.15) is 5.69 Å². The molecule has 166 valence electrons. The molecule has 4 aromatic rings. The number of aromatic nitrogens is 3. The quantitative estimate of drug-likeness (QED) is 0.476. The molecule has 0 aliphatic carbocycles. The van der Waals surface area contributed by atoms with Crippen LogP contribution >= 0.6 is 0 Å². The molecule has 10 heteroatoms. The Kier molecular flexibility index (Phi) is 5.57. The highest BCUT2D eigenvalue weighted by atomic mass is 32.2. The molecule has 0 bridgehead atoms. The maximum Gasteiger partial charge on any atom is 0.256 e. The van der Waals surface area contributed by atoms with Gasteiger partial charge in [-0.3, -0.25) is 4.79 Å². The summed E-state index contributed by atoms with van der Waals surface area (Å²) >= 11 is 0. The maximum absolute atomic E-state index is 13.3. The summed E-state index contributed by atoms with van der Waals surface area (Å²) < 4.78 is 33.2. The van der Waals surface area contributed by atoms with Crippen LogP contribution in [0.4, 0.5) is 5.69 Å². The van der Waals surface area contributed by atoms with Gasteiger partial charge in [-0.1, -0.05) is 6.07 Å². The number of hydrogen-bond acceptors (Lipinski definition) is 6. The summed E-state index contributed by atoms with van der Waals surface area (Å²) in [6.07, 6.45) is 3.15. The van der Waals surface area contributed by atoms with Crippen LogP contribution in [0.3, 0.4) is 0 Å². The minimum absolute atomic E-state index is 0.0377. The fourth-order valence-corrected chi connectivity index (χ4v) is 4.23. The van der Waals surface area contributed by atoms with Gasteiger partial charge in [-0.05, 0) is 50.2 Å². The van der Waals surface area contributed by atoms with Gasteiger partial charge < -0.3 is 9.73 Å². The number of furan rings is 1. The molecule has 1 amide bonds. The van der Waals surface area contributed by atoms with E-state index in [2.05, 4.69) is 15.4 Å². The van der Waals surface area contributed by atoms with Crippen molar-refractivity contribution >= 4 is 32.7 Å². The molecule has 9 nitrogen and oxygen atoms in total. The normalized spacial score (nSPS) is 12.1. The summed E-state index contributed by atoms with van der Waals surface area (Å²) in [6, 6.07) is 11.3. The van der Waals surface area contributed by atoms with Gasteiger partial charge in [0.25, 0.3) is 5.91 Å². The van der Waals surface area contributed by atoms with E-state index in [1.807, 2.05) is 13.8 Å². The number of nitrogens with zero attached hydrogens (tertiary/aromatic N) is 4. The highest BCUT2D eigenvalue weighted by Crippen LogP contribution is 2.27. The summed E-state index contributed by atoms with van der Waals surface area (Å²) in [7, 11) is -0.720. The number of rotatable bonds is 6. The van der Waals surface area contributed by atoms with Crippen LogP contribution in [0.2, 0.25) is 0 Å². The van der Waals surface area contributed by atoms with E-state index < -0.39 is 15.9 Å². The maximum atomic E-state index is 13.3. The van der Waals surface area contributed by atoms with E-state index in [0.717, 1.165) is 4.31 Å². The zero-order valence-electron chi connectivity index (χ0n) is 18.1. The smallest absolute Gasteiger partial charge is 0.256 e. The lowest BCUT2D eigenvalue weighted by Crippen LogP contribution is -2.22. The molecule has 1 N–H and O–H groups in total. The fourth-order valence-electron chi connectivity index (χ4n) is 3.28. The standard InChI is InChI=1S/C22H23N5O4S/c1-14(2)27-21-18(13-23-27)17(12-19(25-21)20-9-6-10-31-20)22(28)24-15-7-5-8-16(11-15)32(29,30)26(3)4/h5-14H,1-4H3,(H,24,28). The number of benzene rings is 1. The average Bonchev–Trinajstić information content (AvgIpc) is 3.43. The predicted molar refractivity (Wildman–Crippen MR) is 121 cm³/mol. The molecule has 3 heterocycles. The second-order valence-electron chi connectivity index (χ2n) is 7.72. The van der Waals surface area contributed by atoms with Crippen molar-refractivity contribution in [3.05, 3.63) is 60.5 Å². The highest BCUT2D eigenvalue weighted by molar-refractivity contribution is 7.89. The van der Waals surface area contributed by atoms with Gasteiger partial charge in [0.05, 0.1) is 28.3 Å². The van der Waals surface area contributed by atoms with Crippen molar-refractivity contribution in [2.24, 2.45) is 0 Å². The molecule has 0 unspecified atom stereocenters. The Morgan fingerprint density at radius 3 is 2.59 bits per heavy atom. The molecule has 0 aliphatic heterocycles. The van der Waals surface area contributed by atoms with Gasteiger partial charge >= 0.3 is 0 Å². The van der Waals surface area contributed by atoms with Crippen molar-refractivity contribution in [3.63, 3.8) is 0 Å². The number of amides is 1. The minimum Gasteiger partial charge on any atom is -0.463 e. The molecule has 0 radical (unpaired) electrons. The second-order valence-corrected chi connectivity index (χ2v) is 9.87. The Morgan fingerprint density at radius 1 is 1.16 bits per heavy atom. The monoisotopic (exact) mass is 453 g/mol. The predicted octanol–water partition coefficient (Wildman–Crippen LogP) is 3.77. The van der Waals surface area contributed by atoms with Crippen molar-refractivity contribution in [2.75, 3.05) is 19.4 Å². The van der Waals surface area contributed by atoms with E-state index in [1.165, 1.54) is 32.5 Å². The van der Waals surface area contributed by atoms with Crippen LogP contribution in [0.1, 0.15) is 30.2 Å². The van der Waals surface area contributed by atoms with Crippen LogP contribution in [0.25, 0.3) is 22.5 Å². The summed E-state index contributed by atoms with van der Waals surface area (Å²) in [6.45, 7) is 3.95. The molecule has 0 saturated carbocycles. The largest absolute Gasteiger partial charge is 0.463 e. The number of fused-ring (bicyclic) bond motifs is 1. The highest BCUT2D eigenvalue weighted by Gasteiger charge is 2.21. The van der Waals surface area contributed by atoms with Gasteiger partial charge in [-0.15, -0.1) is 0 Å². The number of carbonyl (C=O) groups is 1. The third kappa shape index (κ3) is 3.90. The third-order valence-corrected chi connectivity index (χ3v) is 6.76. The topological polar surface area (TPSA) is 110 Å². The first-order valence-corrected chi connectivity index (χ1v) is 11.4. The van der Waals surface area contributed by atoms with Crippen molar-refractivity contribution in [2.45, 2.75) is 24.8 Å². The van der Waals surface area contributed by atoms with Crippen molar-refractivity contribution in [3.8, 4) is 11.5 Å². The van der Waals surface area contributed by atoms with Crippen molar-refractivity contribution in [1.82, 2.24) is 19.1 Å². The molecular formula is C22H23N5O4S.